The maximum Gasteiger partial charge on any atom is 0.322 e. The third-order valence-electron chi connectivity index (χ3n) is 1.99. The molecule has 0 saturated carbocycles. The number of halogens is 1. The Hall–Kier alpha value is -1.10. The van der Waals surface area contributed by atoms with Gasteiger partial charge < -0.3 is 9.64 Å². The van der Waals surface area contributed by atoms with E-state index in [0.717, 1.165) is 13.0 Å². The van der Waals surface area contributed by atoms with E-state index in [4.69, 9.17) is 16.3 Å². The zero-order valence-electron chi connectivity index (χ0n) is 10.8. The summed E-state index contributed by atoms with van der Waals surface area (Å²) in [5.74, 6) is 1.07. The lowest BCUT2D eigenvalue weighted by Crippen LogP contribution is -2.25. The second-order valence-electron chi connectivity index (χ2n) is 4.31. The van der Waals surface area contributed by atoms with Crippen LogP contribution in [0, 0.1) is 5.92 Å². The van der Waals surface area contributed by atoms with E-state index in [9.17, 15) is 0 Å². The monoisotopic (exact) mass is 258 g/mol. The zero-order chi connectivity index (χ0) is 12.8. The summed E-state index contributed by atoms with van der Waals surface area (Å²) in [6.45, 7) is 7.72. The third kappa shape index (κ3) is 4.73. The van der Waals surface area contributed by atoms with E-state index in [-0.39, 0.29) is 11.3 Å². The van der Waals surface area contributed by atoms with Crippen molar-refractivity contribution in [3.05, 3.63) is 5.28 Å². The Labute approximate surface area is 107 Å². The summed E-state index contributed by atoms with van der Waals surface area (Å²) in [4.78, 5) is 14.2. The molecular formula is C11H19ClN4O. The van der Waals surface area contributed by atoms with Gasteiger partial charge in [0.15, 0.2) is 0 Å². The van der Waals surface area contributed by atoms with Crippen molar-refractivity contribution in [1.29, 1.82) is 0 Å². The average molecular weight is 259 g/mol. The molecular weight excluding hydrogens is 240 g/mol. The van der Waals surface area contributed by atoms with Crippen molar-refractivity contribution in [2.24, 2.45) is 5.92 Å². The molecule has 17 heavy (non-hydrogen) atoms. The van der Waals surface area contributed by atoms with E-state index in [1.807, 2.05) is 18.9 Å². The highest BCUT2D eigenvalue weighted by Crippen LogP contribution is 2.15. The van der Waals surface area contributed by atoms with Crippen LogP contribution < -0.4 is 9.64 Å². The molecule has 0 radical (unpaired) electrons. The van der Waals surface area contributed by atoms with Crippen LogP contribution in [0.15, 0.2) is 0 Å². The highest BCUT2D eigenvalue weighted by molar-refractivity contribution is 6.28. The molecule has 96 valence electrons. The molecule has 1 rings (SSSR count). The van der Waals surface area contributed by atoms with Gasteiger partial charge in [0.25, 0.3) is 0 Å². The molecule has 0 saturated heterocycles. The van der Waals surface area contributed by atoms with Gasteiger partial charge in [-0.05, 0) is 23.9 Å². The number of anilines is 1. The SMILES string of the molecule is CCCOc1nc(Cl)nc(N(C)CC(C)C)n1. The topological polar surface area (TPSA) is 51.1 Å². The van der Waals surface area contributed by atoms with Crippen LogP contribution in [-0.4, -0.2) is 35.2 Å². The van der Waals surface area contributed by atoms with Gasteiger partial charge in [-0.25, -0.2) is 0 Å². The lowest BCUT2D eigenvalue weighted by atomic mass is 10.2. The summed E-state index contributed by atoms with van der Waals surface area (Å²) in [6.07, 6.45) is 0.903. The second-order valence-corrected chi connectivity index (χ2v) is 4.65. The van der Waals surface area contributed by atoms with Crippen molar-refractivity contribution < 1.29 is 4.74 Å². The first kappa shape index (κ1) is 14.0. The minimum absolute atomic E-state index is 0.164. The van der Waals surface area contributed by atoms with Crippen LogP contribution >= 0.6 is 11.6 Å². The van der Waals surface area contributed by atoms with E-state index >= 15 is 0 Å². The molecule has 5 nitrogen and oxygen atoms in total. The molecule has 6 heteroatoms. The standard InChI is InChI=1S/C11H19ClN4O/c1-5-6-17-11-14-9(12)13-10(15-11)16(4)7-8(2)3/h8H,5-7H2,1-4H3. The van der Waals surface area contributed by atoms with Gasteiger partial charge >= 0.3 is 6.01 Å². The van der Waals surface area contributed by atoms with Gasteiger partial charge in [0.2, 0.25) is 11.2 Å². The highest BCUT2D eigenvalue weighted by atomic mass is 35.5. The Morgan fingerprint density at radius 2 is 2.00 bits per heavy atom. The van der Waals surface area contributed by atoms with Gasteiger partial charge in [-0.3, -0.25) is 0 Å². The van der Waals surface area contributed by atoms with Gasteiger partial charge in [-0.2, -0.15) is 15.0 Å². The van der Waals surface area contributed by atoms with Crippen LogP contribution in [0.25, 0.3) is 0 Å². The van der Waals surface area contributed by atoms with Gasteiger partial charge in [-0.15, -0.1) is 0 Å². The van der Waals surface area contributed by atoms with Crippen molar-refractivity contribution in [2.45, 2.75) is 27.2 Å². The van der Waals surface area contributed by atoms with Gasteiger partial charge in [0.05, 0.1) is 6.61 Å². The average Bonchev–Trinajstić information content (AvgIpc) is 2.24. The van der Waals surface area contributed by atoms with E-state index in [2.05, 4.69) is 28.8 Å². The number of hydrogen-bond acceptors (Lipinski definition) is 5. The molecule has 0 spiro atoms. The van der Waals surface area contributed by atoms with Crippen molar-refractivity contribution in [3.8, 4) is 6.01 Å². The van der Waals surface area contributed by atoms with E-state index < -0.39 is 0 Å². The predicted octanol–water partition coefficient (Wildman–Crippen LogP) is 2.41. The summed E-state index contributed by atoms with van der Waals surface area (Å²) in [7, 11) is 1.93. The number of aromatic nitrogens is 3. The number of ether oxygens (including phenoxy) is 1. The van der Waals surface area contributed by atoms with Crippen LogP contribution in [0.4, 0.5) is 5.95 Å². The molecule has 0 aromatic carbocycles. The maximum atomic E-state index is 5.84. The van der Waals surface area contributed by atoms with E-state index in [1.54, 1.807) is 0 Å². The normalized spacial score (nSPS) is 10.7. The number of hydrogen-bond donors (Lipinski definition) is 0. The quantitative estimate of drug-likeness (QED) is 0.784. The minimum atomic E-state index is 0.164. The van der Waals surface area contributed by atoms with Crippen LogP contribution in [0.2, 0.25) is 5.28 Å². The molecule has 1 aromatic heterocycles. The molecule has 0 unspecified atom stereocenters. The van der Waals surface area contributed by atoms with Crippen LogP contribution in [-0.2, 0) is 0 Å². The van der Waals surface area contributed by atoms with Gasteiger partial charge in [0, 0.05) is 13.6 Å². The fourth-order valence-corrected chi connectivity index (χ4v) is 1.53. The maximum absolute atomic E-state index is 5.84. The van der Waals surface area contributed by atoms with Crippen molar-refractivity contribution in [2.75, 3.05) is 25.1 Å². The molecule has 0 fully saturated rings. The largest absolute Gasteiger partial charge is 0.463 e. The number of rotatable bonds is 6. The smallest absolute Gasteiger partial charge is 0.322 e. The first-order chi connectivity index (χ1) is 8.02. The Balaban J connectivity index is 2.80. The van der Waals surface area contributed by atoms with Crippen LogP contribution in [0.3, 0.4) is 0 Å². The minimum Gasteiger partial charge on any atom is -0.463 e. The third-order valence-corrected chi connectivity index (χ3v) is 2.16. The number of nitrogens with zero attached hydrogens (tertiary/aromatic N) is 4. The Morgan fingerprint density at radius 3 is 2.59 bits per heavy atom. The second kappa shape index (κ2) is 6.59. The molecule has 1 heterocycles. The van der Waals surface area contributed by atoms with Crippen molar-refractivity contribution >= 4 is 17.5 Å². The summed E-state index contributed by atoms with van der Waals surface area (Å²) < 4.78 is 5.36. The van der Waals surface area contributed by atoms with Crippen molar-refractivity contribution in [1.82, 2.24) is 15.0 Å². The lowest BCUT2D eigenvalue weighted by Gasteiger charge is -2.19. The first-order valence-electron chi connectivity index (χ1n) is 5.78. The fourth-order valence-electron chi connectivity index (χ4n) is 1.38. The molecule has 0 bridgehead atoms. The highest BCUT2D eigenvalue weighted by Gasteiger charge is 2.11. The molecule has 0 atom stereocenters. The first-order valence-corrected chi connectivity index (χ1v) is 6.16. The summed E-state index contributed by atoms with van der Waals surface area (Å²) >= 11 is 5.84. The Bertz CT molecular complexity index is 359. The molecule has 0 N–H and O–H groups in total. The predicted molar refractivity (Wildman–Crippen MR) is 68.7 cm³/mol. The lowest BCUT2D eigenvalue weighted by molar-refractivity contribution is 0.291. The van der Waals surface area contributed by atoms with E-state index in [1.165, 1.54) is 0 Å². The van der Waals surface area contributed by atoms with Crippen LogP contribution in [0.5, 0.6) is 6.01 Å². The van der Waals surface area contributed by atoms with Gasteiger partial charge in [0.1, 0.15) is 0 Å². The molecule has 0 aliphatic rings. The van der Waals surface area contributed by atoms with E-state index in [0.29, 0.717) is 18.5 Å². The summed E-state index contributed by atoms with van der Waals surface area (Å²) in [6, 6.07) is 0.289. The molecule has 0 aliphatic carbocycles. The van der Waals surface area contributed by atoms with Crippen molar-refractivity contribution in [3.63, 3.8) is 0 Å². The Morgan fingerprint density at radius 1 is 1.29 bits per heavy atom. The summed E-state index contributed by atoms with van der Waals surface area (Å²) in [5.41, 5.74) is 0. The Kier molecular flexibility index (Phi) is 5.41. The zero-order valence-corrected chi connectivity index (χ0v) is 11.5. The summed E-state index contributed by atoms with van der Waals surface area (Å²) in [5, 5.41) is 0.164. The van der Waals surface area contributed by atoms with Crippen LogP contribution in [0.1, 0.15) is 27.2 Å². The molecule has 1 aromatic rings. The molecule has 0 amide bonds. The van der Waals surface area contributed by atoms with Gasteiger partial charge in [-0.1, -0.05) is 20.8 Å². The fraction of sp³-hybridized carbons (Fsp3) is 0.727. The molecule has 0 aliphatic heterocycles.